The molecular formula is C21H20N2O3. The molecule has 2 aromatic carbocycles. The van der Waals surface area contributed by atoms with Crippen molar-refractivity contribution in [1.29, 1.82) is 5.26 Å². The predicted molar refractivity (Wildman–Crippen MR) is 97.5 cm³/mol. The Kier molecular flexibility index (Phi) is 5.65. The van der Waals surface area contributed by atoms with Crippen molar-refractivity contribution in [1.82, 2.24) is 0 Å². The van der Waals surface area contributed by atoms with Crippen molar-refractivity contribution in [2.45, 2.75) is 32.1 Å². The normalized spacial score (nSPS) is 12.1. The van der Waals surface area contributed by atoms with Crippen molar-refractivity contribution in [3.05, 3.63) is 64.7 Å². The molecule has 0 unspecified atom stereocenters. The fourth-order valence-corrected chi connectivity index (χ4v) is 3.09. The minimum atomic E-state index is -0.414. The van der Waals surface area contributed by atoms with Gasteiger partial charge < -0.3 is 10.1 Å². The van der Waals surface area contributed by atoms with E-state index in [2.05, 4.69) is 23.5 Å². The molecule has 3 rings (SSSR count). The summed E-state index contributed by atoms with van der Waals surface area (Å²) in [4.78, 5) is 23.8. The summed E-state index contributed by atoms with van der Waals surface area (Å²) in [5.74, 6) is -0.803. The Morgan fingerprint density at radius 2 is 1.77 bits per heavy atom. The maximum atomic E-state index is 12.0. The Labute approximate surface area is 152 Å². The molecular weight excluding hydrogens is 328 g/mol. The summed E-state index contributed by atoms with van der Waals surface area (Å²) in [5.41, 5.74) is 5.08. The number of nitriles is 1. The molecule has 26 heavy (non-hydrogen) atoms. The molecule has 2 aromatic rings. The zero-order valence-corrected chi connectivity index (χ0v) is 14.5. The third-order valence-electron chi connectivity index (χ3n) is 4.40. The van der Waals surface area contributed by atoms with Gasteiger partial charge in [0.2, 0.25) is 0 Å². The van der Waals surface area contributed by atoms with Crippen molar-refractivity contribution in [2.75, 3.05) is 11.9 Å². The Hall–Kier alpha value is -3.13. The molecule has 0 spiro atoms. The van der Waals surface area contributed by atoms with Gasteiger partial charge in [0.1, 0.15) is 0 Å². The molecule has 0 bridgehead atoms. The van der Waals surface area contributed by atoms with E-state index in [4.69, 9.17) is 10.00 Å². The van der Waals surface area contributed by atoms with E-state index in [0.29, 0.717) is 12.1 Å². The fraction of sp³-hybridized carbons (Fsp3) is 0.286. The summed E-state index contributed by atoms with van der Waals surface area (Å²) in [6, 6.07) is 15.1. The molecule has 1 aliphatic carbocycles. The van der Waals surface area contributed by atoms with E-state index in [1.807, 2.05) is 6.07 Å². The Bertz CT molecular complexity index is 851. The average Bonchev–Trinajstić information content (AvgIpc) is 3.10. The summed E-state index contributed by atoms with van der Waals surface area (Å²) in [5, 5.41) is 11.3. The highest BCUT2D eigenvalue weighted by atomic mass is 16.5. The first-order valence-corrected chi connectivity index (χ1v) is 8.66. The minimum absolute atomic E-state index is 0.170. The molecule has 0 saturated carbocycles. The van der Waals surface area contributed by atoms with Gasteiger partial charge in [-0.25, -0.2) is 0 Å². The largest absolute Gasteiger partial charge is 0.455 e. The van der Waals surface area contributed by atoms with Crippen LogP contribution in [-0.2, 0) is 40.0 Å². The highest BCUT2D eigenvalue weighted by molar-refractivity contribution is 5.92. The monoisotopic (exact) mass is 348 g/mol. The molecule has 5 heteroatoms. The van der Waals surface area contributed by atoms with Crippen LogP contribution in [0.15, 0.2) is 42.5 Å². The molecule has 0 aliphatic heterocycles. The second-order valence-electron chi connectivity index (χ2n) is 6.37. The maximum absolute atomic E-state index is 12.0. The number of ether oxygens (including phenoxy) is 1. The number of aryl methyl sites for hydroxylation is 2. The van der Waals surface area contributed by atoms with Crippen molar-refractivity contribution in [3.63, 3.8) is 0 Å². The zero-order chi connectivity index (χ0) is 18.4. The summed E-state index contributed by atoms with van der Waals surface area (Å²) < 4.78 is 5.07. The topological polar surface area (TPSA) is 79.2 Å². The third kappa shape index (κ3) is 4.70. The lowest BCUT2D eigenvalue weighted by atomic mass is 10.0. The van der Waals surface area contributed by atoms with Gasteiger partial charge in [-0.15, -0.1) is 0 Å². The van der Waals surface area contributed by atoms with Crippen molar-refractivity contribution < 1.29 is 14.3 Å². The molecule has 1 amide bonds. The molecule has 1 aliphatic rings. The number of rotatable bonds is 6. The van der Waals surface area contributed by atoms with E-state index >= 15 is 0 Å². The number of amides is 1. The van der Waals surface area contributed by atoms with Crippen LogP contribution < -0.4 is 5.32 Å². The summed E-state index contributed by atoms with van der Waals surface area (Å²) in [6.45, 7) is -0.316. The number of nitrogens with zero attached hydrogens (tertiary/aromatic N) is 1. The van der Waals surface area contributed by atoms with Crippen molar-refractivity contribution in [3.8, 4) is 6.07 Å². The van der Waals surface area contributed by atoms with Gasteiger partial charge in [-0.2, -0.15) is 5.26 Å². The zero-order valence-electron chi connectivity index (χ0n) is 14.5. The van der Waals surface area contributed by atoms with E-state index in [1.54, 1.807) is 24.3 Å². The highest BCUT2D eigenvalue weighted by Crippen LogP contribution is 2.23. The van der Waals surface area contributed by atoms with Crippen LogP contribution in [0.5, 0.6) is 0 Å². The SMILES string of the molecule is N#CCc1ccc(NC(=O)COC(=O)Cc2ccc3c(c2)CCC3)cc1. The Balaban J connectivity index is 1.45. The van der Waals surface area contributed by atoms with Gasteiger partial charge in [0.15, 0.2) is 6.61 Å². The van der Waals surface area contributed by atoms with E-state index in [1.165, 1.54) is 17.5 Å². The van der Waals surface area contributed by atoms with Crippen LogP contribution in [0.4, 0.5) is 5.69 Å². The number of anilines is 1. The lowest BCUT2D eigenvalue weighted by molar-refractivity contribution is -0.146. The van der Waals surface area contributed by atoms with Crippen LogP contribution in [0.25, 0.3) is 0 Å². The highest BCUT2D eigenvalue weighted by Gasteiger charge is 2.13. The number of carbonyl (C=O) groups excluding carboxylic acids is 2. The number of hydrogen-bond acceptors (Lipinski definition) is 4. The van der Waals surface area contributed by atoms with E-state index in [0.717, 1.165) is 24.0 Å². The summed E-state index contributed by atoms with van der Waals surface area (Å²) in [6.07, 6.45) is 3.84. The van der Waals surface area contributed by atoms with Gasteiger partial charge in [-0.1, -0.05) is 30.3 Å². The smallest absolute Gasteiger partial charge is 0.310 e. The van der Waals surface area contributed by atoms with Gasteiger partial charge in [0.25, 0.3) is 5.91 Å². The number of esters is 1. The third-order valence-corrected chi connectivity index (χ3v) is 4.40. The predicted octanol–water partition coefficient (Wildman–Crippen LogP) is 2.97. The summed E-state index contributed by atoms with van der Waals surface area (Å²) >= 11 is 0. The molecule has 5 nitrogen and oxygen atoms in total. The second-order valence-corrected chi connectivity index (χ2v) is 6.37. The first kappa shape index (κ1) is 17.7. The van der Waals surface area contributed by atoms with Gasteiger partial charge in [0.05, 0.1) is 18.9 Å². The lowest BCUT2D eigenvalue weighted by Gasteiger charge is -2.08. The maximum Gasteiger partial charge on any atom is 0.310 e. The van der Waals surface area contributed by atoms with E-state index in [-0.39, 0.29) is 18.9 Å². The van der Waals surface area contributed by atoms with Crippen LogP contribution in [0, 0.1) is 11.3 Å². The Morgan fingerprint density at radius 1 is 1.04 bits per heavy atom. The van der Waals surface area contributed by atoms with Gasteiger partial charge >= 0.3 is 5.97 Å². The number of nitrogens with one attached hydrogen (secondary N) is 1. The second kappa shape index (κ2) is 8.30. The van der Waals surface area contributed by atoms with E-state index in [9.17, 15) is 9.59 Å². The van der Waals surface area contributed by atoms with Crippen LogP contribution >= 0.6 is 0 Å². The number of hydrogen-bond donors (Lipinski definition) is 1. The first-order chi connectivity index (χ1) is 12.6. The van der Waals surface area contributed by atoms with Crippen LogP contribution in [-0.4, -0.2) is 18.5 Å². The number of fused-ring (bicyclic) bond motifs is 1. The molecule has 0 saturated heterocycles. The van der Waals surface area contributed by atoms with Crippen LogP contribution in [0.3, 0.4) is 0 Å². The van der Waals surface area contributed by atoms with Gasteiger partial charge in [0, 0.05) is 5.69 Å². The molecule has 1 N–H and O–H groups in total. The fourth-order valence-electron chi connectivity index (χ4n) is 3.09. The summed E-state index contributed by atoms with van der Waals surface area (Å²) in [7, 11) is 0. The molecule has 0 fully saturated rings. The van der Waals surface area contributed by atoms with Gasteiger partial charge in [-0.05, 0) is 53.6 Å². The number of benzene rings is 2. The molecule has 132 valence electrons. The number of carbonyl (C=O) groups is 2. The average molecular weight is 348 g/mol. The van der Waals surface area contributed by atoms with E-state index < -0.39 is 5.97 Å². The molecule has 0 heterocycles. The van der Waals surface area contributed by atoms with Crippen LogP contribution in [0.2, 0.25) is 0 Å². The quantitative estimate of drug-likeness (QED) is 0.814. The molecule has 0 atom stereocenters. The van der Waals surface area contributed by atoms with Crippen molar-refractivity contribution in [2.24, 2.45) is 0 Å². The minimum Gasteiger partial charge on any atom is -0.455 e. The first-order valence-electron chi connectivity index (χ1n) is 8.66. The Morgan fingerprint density at radius 3 is 2.54 bits per heavy atom. The lowest BCUT2D eigenvalue weighted by Crippen LogP contribution is -2.21. The van der Waals surface area contributed by atoms with Crippen molar-refractivity contribution >= 4 is 17.6 Å². The van der Waals surface area contributed by atoms with Gasteiger partial charge in [-0.3, -0.25) is 9.59 Å². The standard InChI is InChI=1S/C21H20N2O3/c22-11-10-15-5-8-19(9-6-15)23-20(24)14-26-21(25)13-16-4-7-17-2-1-3-18(17)12-16/h4-9,12H,1-3,10,13-14H2,(H,23,24). The molecule has 0 aromatic heterocycles. The van der Waals surface area contributed by atoms with Crippen LogP contribution in [0.1, 0.15) is 28.7 Å². The molecule has 0 radical (unpaired) electrons.